The van der Waals surface area contributed by atoms with Crippen molar-refractivity contribution in [3.63, 3.8) is 0 Å². The second-order valence-corrected chi connectivity index (χ2v) is 8.24. The molecule has 0 aliphatic carbocycles. The summed E-state index contributed by atoms with van der Waals surface area (Å²) in [6, 6.07) is 5.42. The first-order valence-corrected chi connectivity index (χ1v) is 9.59. The van der Waals surface area contributed by atoms with E-state index in [9.17, 15) is 22.0 Å². The van der Waals surface area contributed by atoms with Gasteiger partial charge in [-0.25, -0.2) is 26.6 Å². The van der Waals surface area contributed by atoms with Gasteiger partial charge in [0.15, 0.2) is 9.84 Å². The Morgan fingerprint density at radius 1 is 1.00 bits per heavy atom. The number of hydrogen-bond acceptors (Lipinski definition) is 4. The average Bonchev–Trinajstić information content (AvgIpc) is 2.88. The molecule has 10 heteroatoms. The van der Waals surface area contributed by atoms with Crippen molar-refractivity contribution in [3.8, 4) is 16.9 Å². The number of rotatable bonds is 3. The largest absolute Gasteiger partial charge is 0.424 e. The lowest BCUT2D eigenvalue weighted by Gasteiger charge is -2.10. The first-order chi connectivity index (χ1) is 12.1. The predicted octanol–water partition coefficient (Wildman–Crippen LogP) is 4.09. The van der Waals surface area contributed by atoms with E-state index in [1.54, 1.807) is 0 Å². The molecule has 0 radical (unpaired) electrons. The summed E-state index contributed by atoms with van der Waals surface area (Å²) in [4.78, 5) is 11.3. The molecule has 5 nitrogen and oxygen atoms in total. The monoisotopic (exact) mass is 419 g/mol. The van der Waals surface area contributed by atoms with Gasteiger partial charge >= 0.3 is 5.76 Å². The predicted molar refractivity (Wildman–Crippen MR) is 92.8 cm³/mol. The Morgan fingerprint density at radius 2 is 1.62 bits per heavy atom. The van der Waals surface area contributed by atoms with Crippen molar-refractivity contribution in [2.45, 2.75) is 4.90 Å². The zero-order chi connectivity index (χ0) is 19.2. The molecule has 2 aromatic carbocycles. The zero-order valence-corrected chi connectivity index (χ0v) is 15.3. The van der Waals surface area contributed by atoms with Crippen LogP contribution >= 0.6 is 23.2 Å². The van der Waals surface area contributed by atoms with Gasteiger partial charge in [-0.3, -0.25) is 0 Å². The lowest BCUT2D eigenvalue weighted by atomic mass is 10.1. The van der Waals surface area contributed by atoms with Crippen molar-refractivity contribution in [1.29, 1.82) is 0 Å². The van der Waals surface area contributed by atoms with Gasteiger partial charge < -0.3 is 4.42 Å². The summed E-state index contributed by atoms with van der Waals surface area (Å²) >= 11 is 11.8. The Kier molecular flexibility index (Phi) is 4.68. The van der Waals surface area contributed by atoms with Gasteiger partial charge in [0, 0.05) is 21.9 Å². The fourth-order valence-corrected chi connectivity index (χ4v) is 3.66. The summed E-state index contributed by atoms with van der Waals surface area (Å²) < 4.78 is 57.4. The van der Waals surface area contributed by atoms with Crippen molar-refractivity contribution in [3.05, 3.63) is 68.8 Å². The molecule has 1 aromatic heterocycles. The number of sulfone groups is 1. The minimum Gasteiger partial charge on any atom is -0.415 e. The lowest BCUT2D eigenvalue weighted by Crippen LogP contribution is -2.14. The normalized spacial score (nSPS) is 11.7. The van der Waals surface area contributed by atoms with Gasteiger partial charge in [-0.05, 0) is 30.3 Å². The van der Waals surface area contributed by atoms with E-state index in [1.807, 2.05) is 0 Å². The van der Waals surface area contributed by atoms with E-state index in [1.165, 1.54) is 18.2 Å². The average molecular weight is 420 g/mol. The molecular formula is C16H9Cl2F2NO4S. The summed E-state index contributed by atoms with van der Waals surface area (Å²) in [5.74, 6) is -3.09. The second-order valence-electron chi connectivity index (χ2n) is 5.38. The molecule has 0 aliphatic rings. The molecule has 3 rings (SSSR count). The van der Waals surface area contributed by atoms with Gasteiger partial charge in [0.25, 0.3) is 0 Å². The Balaban J connectivity index is 2.28. The molecule has 26 heavy (non-hydrogen) atoms. The van der Waals surface area contributed by atoms with Crippen LogP contribution in [-0.2, 0) is 9.84 Å². The molecule has 0 spiro atoms. The molecule has 3 aromatic rings. The molecule has 136 valence electrons. The first-order valence-electron chi connectivity index (χ1n) is 6.94. The number of hydrogen-bond donors (Lipinski definition) is 0. The van der Waals surface area contributed by atoms with Crippen LogP contribution in [-0.4, -0.2) is 19.2 Å². The third-order valence-electron chi connectivity index (χ3n) is 3.50. The number of benzene rings is 2. The third-order valence-corrected chi connectivity index (χ3v) is 5.05. The highest BCUT2D eigenvalue weighted by atomic mass is 35.5. The summed E-state index contributed by atoms with van der Waals surface area (Å²) in [6.45, 7) is 0. The smallest absolute Gasteiger partial charge is 0.415 e. The Bertz CT molecular complexity index is 1170. The maximum atomic E-state index is 14.5. The molecule has 1 heterocycles. The zero-order valence-electron chi connectivity index (χ0n) is 13.0. The van der Waals surface area contributed by atoms with Gasteiger partial charge in [0.05, 0.1) is 11.4 Å². The standard InChI is InChI=1S/C16H9Cl2F2NO4S/c1-26(23,24)15-6-12(19)11(5-13(15)20)14-7-25-16(22)21(14)10-3-8(17)2-9(18)4-10/h2-7H,1H3. The maximum absolute atomic E-state index is 14.5. The maximum Gasteiger partial charge on any atom is 0.424 e. The minimum absolute atomic E-state index is 0.134. The Morgan fingerprint density at radius 3 is 2.19 bits per heavy atom. The van der Waals surface area contributed by atoms with E-state index in [-0.39, 0.29) is 27.0 Å². The SMILES string of the molecule is CS(=O)(=O)c1cc(F)c(-c2coc(=O)n2-c2cc(Cl)cc(Cl)c2)cc1F. The van der Waals surface area contributed by atoms with Crippen molar-refractivity contribution >= 4 is 33.0 Å². The molecule has 0 atom stereocenters. The van der Waals surface area contributed by atoms with Crippen LogP contribution in [0.25, 0.3) is 16.9 Å². The lowest BCUT2D eigenvalue weighted by molar-refractivity contribution is 0.504. The van der Waals surface area contributed by atoms with Crippen LogP contribution in [0.15, 0.2) is 50.7 Å². The van der Waals surface area contributed by atoms with Crippen LogP contribution in [0.3, 0.4) is 0 Å². The van der Waals surface area contributed by atoms with Gasteiger partial charge in [-0.2, -0.15) is 0 Å². The van der Waals surface area contributed by atoms with E-state index >= 15 is 0 Å². The van der Waals surface area contributed by atoms with Crippen molar-refractivity contribution < 1.29 is 21.6 Å². The van der Waals surface area contributed by atoms with Gasteiger partial charge in [0.1, 0.15) is 22.8 Å². The molecule has 0 bridgehead atoms. The first kappa shape index (κ1) is 18.6. The van der Waals surface area contributed by atoms with E-state index in [2.05, 4.69) is 0 Å². The van der Waals surface area contributed by atoms with E-state index in [4.69, 9.17) is 27.6 Å². The second kappa shape index (κ2) is 6.53. The van der Waals surface area contributed by atoms with E-state index < -0.39 is 32.1 Å². The topological polar surface area (TPSA) is 69.3 Å². The molecule has 0 unspecified atom stereocenters. The number of oxazole rings is 1. The highest BCUT2D eigenvalue weighted by molar-refractivity contribution is 7.90. The van der Waals surface area contributed by atoms with Crippen LogP contribution in [0.5, 0.6) is 0 Å². The molecular weight excluding hydrogens is 411 g/mol. The fraction of sp³-hybridized carbons (Fsp3) is 0.0625. The van der Waals surface area contributed by atoms with Crippen molar-refractivity contribution in [2.24, 2.45) is 0 Å². The molecule has 0 aliphatic heterocycles. The van der Waals surface area contributed by atoms with Crippen LogP contribution < -0.4 is 5.76 Å². The molecule has 0 N–H and O–H groups in total. The minimum atomic E-state index is -3.97. The van der Waals surface area contributed by atoms with Crippen LogP contribution in [0.4, 0.5) is 8.78 Å². The fourth-order valence-electron chi connectivity index (χ4n) is 2.42. The van der Waals surface area contributed by atoms with Gasteiger partial charge in [-0.15, -0.1) is 0 Å². The molecule has 0 fully saturated rings. The van der Waals surface area contributed by atoms with E-state index in [0.29, 0.717) is 12.1 Å². The van der Waals surface area contributed by atoms with Crippen LogP contribution in [0.1, 0.15) is 0 Å². The highest BCUT2D eigenvalue weighted by Gasteiger charge is 2.22. The molecule has 0 saturated carbocycles. The Hall–Kier alpha value is -2.16. The number of aromatic nitrogens is 1. The van der Waals surface area contributed by atoms with E-state index in [0.717, 1.165) is 17.1 Å². The summed E-state index contributed by atoms with van der Waals surface area (Å²) in [6.07, 6.45) is 1.68. The summed E-state index contributed by atoms with van der Waals surface area (Å²) in [5, 5.41) is 0.427. The number of halogens is 4. The number of nitrogens with zero attached hydrogens (tertiary/aromatic N) is 1. The van der Waals surface area contributed by atoms with Gasteiger partial charge in [-0.1, -0.05) is 23.2 Å². The molecule has 0 saturated heterocycles. The van der Waals surface area contributed by atoms with Crippen molar-refractivity contribution in [1.82, 2.24) is 4.57 Å². The molecule has 0 amide bonds. The highest BCUT2D eigenvalue weighted by Crippen LogP contribution is 2.30. The van der Waals surface area contributed by atoms with Gasteiger partial charge in [0.2, 0.25) is 0 Å². The van der Waals surface area contributed by atoms with Crippen LogP contribution in [0, 0.1) is 11.6 Å². The summed E-state index contributed by atoms with van der Waals surface area (Å²) in [5.41, 5.74) is -0.329. The van der Waals surface area contributed by atoms with Crippen LogP contribution in [0.2, 0.25) is 10.0 Å². The summed E-state index contributed by atoms with van der Waals surface area (Å²) in [7, 11) is -3.97. The Labute approximate surface area is 156 Å². The quantitative estimate of drug-likeness (QED) is 0.640. The van der Waals surface area contributed by atoms with Crippen molar-refractivity contribution in [2.75, 3.05) is 6.26 Å². The third kappa shape index (κ3) is 3.40.